The number of piperazine rings is 1. The smallest absolute Gasteiger partial charge is 0.161 e. The van der Waals surface area contributed by atoms with Crippen LogP contribution in [0.3, 0.4) is 0 Å². The number of aromatic nitrogens is 2. The topological polar surface area (TPSA) is 48.0 Å². The van der Waals surface area contributed by atoms with Crippen molar-refractivity contribution in [3.05, 3.63) is 36.0 Å². The summed E-state index contributed by atoms with van der Waals surface area (Å²) in [5.41, 5.74) is 3.72. The van der Waals surface area contributed by atoms with Crippen LogP contribution in [0.15, 0.2) is 30.5 Å². The SMILES string of the molecule is c1cc(N2CCN(C3CC3)CC2)ccc1-c1ncc2c(n1)N(CCCN1CCOCC1)CC2. The van der Waals surface area contributed by atoms with Gasteiger partial charge in [0, 0.05) is 88.0 Å². The summed E-state index contributed by atoms with van der Waals surface area (Å²) in [5, 5.41) is 0. The van der Waals surface area contributed by atoms with Gasteiger partial charge in [-0.05, 0) is 49.9 Å². The van der Waals surface area contributed by atoms with Gasteiger partial charge in [-0.25, -0.2) is 9.97 Å². The average molecular weight is 449 g/mol. The molecule has 1 aliphatic carbocycles. The minimum Gasteiger partial charge on any atom is -0.379 e. The summed E-state index contributed by atoms with van der Waals surface area (Å²) >= 11 is 0. The normalized spacial score (nSPS) is 22.1. The summed E-state index contributed by atoms with van der Waals surface area (Å²) in [6, 6.07) is 9.77. The van der Waals surface area contributed by atoms with Crippen LogP contribution in [0, 0.1) is 0 Å². The Hall–Kier alpha value is -2.22. The molecule has 0 bridgehead atoms. The molecule has 0 spiro atoms. The van der Waals surface area contributed by atoms with Gasteiger partial charge in [0.2, 0.25) is 0 Å². The molecule has 6 rings (SSSR count). The Labute approximate surface area is 197 Å². The highest BCUT2D eigenvalue weighted by Gasteiger charge is 2.31. The maximum Gasteiger partial charge on any atom is 0.161 e. The van der Waals surface area contributed by atoms with Crippen molar-refractivity contribution in [2.75, 3.05) is 81.9 Å². The Bertz CT molecular complexity index is 932. The number of ether oxygens (including phenoxy) is 1. The van der Waals surface area contributed by atoms with Crippen molar-refractivity contribution in [3.63, 3.8) is 0 Å². The van der Waals surface area contributed by atoms with Gasteiger partial charge in [-0.15, -0.1) is 0 Å². The third kappa shape index (κ3) is 4.86. The fourth-order valence-corrected chi connectivity index (χ4v) is 5.48. The molecule has 1 saturated carbocycles. The van der Waals surface area contributed by atoms with Gasteiger partial charge in [-0.2, -0.15) is 0 Å². The van der Waals surface area contributed by atoms with Gasteiger partial charge < -0.3 is 14.5 Å². The van der Waals surface area contributed by atoms with E-state index in [9.17, 15) is 0 Å². The maximum absolute atomic E-state index is 5.46. The first kappa shape index (κ1) is 21.3. The fourth-order valence-electron chi connectivity index (χ4n) is 5.48. The molecule has 1 aromatic heterocycles. The summed E-state index contributed by atoms with van der Waals surface area (Å²) < 4.78 is 5.46. The lowest BCUT2D eigenvalue weighted by Gasteiger charge is -2.36. The third-order valence-corrected chi connectivity index (χ3v) is 7.67. The van der Waals surface area contributed by atoms with E-state index in [0.717, 1.165) is 88.7 Å². The Morgan fingerprint density at radius 3 is 2.42 bits per heavy atom. The molecule has 3 aliphatic heterocycles. The molecule has 7 nitrogen and oxygen atoms in total. The lowest BCUT2D eigenvalue weighted by Crippen LogP contribution is -2.47. The first-order valence-electron chi connectivity index (χ1n) is 12.8. The van der Waals surface area contributed by atoms with Crippen LogP contribution in [0.4, 0.5) is 11.5 Å². The minimum atomic E-state index is 0.846. The minimum absolute atomic E-state index is 0.846. The molecule has 176 valence electrons. The van der Waals surface area contributed by atoms with Crippen LogP contribution in [-0.4, -0.2) is 97.9 Å². The summed E-state index contributed by atoms with van der Waals surface area (Å²) in [5.74, 6) is 1.99. The first-order valence-corrected chi connectivity index (χ1v) is 12.8. The molecule has 4 aliphatic rings. The molecular weight excluding hydrogens is 412 g/mol. The quantitative estimate of drug-likeness (QED) is 0.645. The molecule has 4 heterocycles. The predicted octanol–water partition coefficient (Wildman–Crippen LogP) is 2.51. The number of morpholine rings is 1. The van der Waals surface area contributed by atoms with Gasteiger partial charge in [0.15, 0.2) is 5.82 Å². The van der Waals surface area contributed by atoms with Crippen LogP contribution in [0.1, 0.15) is 24.8 Å². The van der Waals surface area contributed by atoms with Crippen molar-refractivity contribution in [3.8, 4) is 11.4 Å². The van der Waals surface area contributed by atoms with Crippen LogP contribution in [0.5, 0.6) is 0 Å². The number of rotatable bonds is 7. The molecule has 2 aromatic rings. The average Bonchev–Trinajstić information content (AvgIpc) is 3.66. The monoisotopic (exact) mass is 448 g/mol. The summed E-state index contributed by atoms with van der Waals surface area (Å²) in [6.45, 7) is 11.8. The zero-order chi connectivity index (χ0) is 22.0. The maximum atomic E-state index is 5.46. The van der Waals surface area contributed by atoms with E-state index in [1.54, 1.807) is 0 Å². The van der Waals surface area contributed by atoms with Crippen LogP contribution < -0.4 is 9.80 Å². The molecule has 33 heavy (non-hydrogen) atoms. The van der Waals surface area contributed by atoms with Gasteiger partial charge in [0.05, 0.1) is 13.2 Å². The number of nitrogens with zero attached hydrogens (tertiary/aromatic N) is 6. The molecule has 0 atom stereocenters. The second-order valence-electron chi connectivity index (χ2n) is 9.89. The number of hydrogen-bond donors (Lipinski definition) is 0. The van der Waals surface area contributed by atoms with E-state index in [1.807, 2.05) is 6.20 Å². The molecular formula is C26H36N6O. The molecule has 0 unspecified atom stereocenters. The van der Waals surface area contributed by atoms with Crippen molar-refractivity contribution < 1.29 is 4.74 Å². The lowest BCUT2D eigenvalue weighted by molar-refractivity contribution is 0.0376. The summed E-state index contributed by atoms with van der Waals surface area (Å²) in [6.07, 6.45) is 7.08. The molecule has 7 heteroatoms. The van der Waals surface area contributed by atoms with Crippen LogP contribution in [-0.2, 0) is 11.2 Å². The molecule has 0 amide bonds. The van der Waals surface area contributed by atoms with E-state index < -0.39 is 0 Å². The van der Waals surface area contributed by atoms with Crippen molar-refractivity contribution in [1.82, 2.24) is 19.8 Å². The van der Waals surface area contributed by atoms with E-state index in [-0.39, 0.29) is 0 Å². The Morgan fingerprint density at radius 1 is 0.879 bits per heavy atom. The van der Waals surface area contributed by atoms with E-state index in [1.165, 1.54) is 43.6 Å². The zero-order valence-electron chi connectivity index (χ0n) is 19.7. The van der Waals surface area contributed by atoms with Crippen molar-refractivity contribution in [1.29, 1.82) is 0 Å². The lowest BCUT2D eigenvalue weighted by atomic mass is 10.1. The van der Waals surface area contributed by atoms with Crippen molar-refractivity contribution >= 4 is 11.5 Å². The van der Waals surface area contributed by atoms with Crippen molar-refractivity contribution in [2.45, 2.75) is 31.7 Å². The summed E-state index contributed by atoms with van der Waals surface area (Å²) in [4.78, 5) is 19.9. The highest BCUT2D eigenvalue weighted by Crippen LogP contribution is 2.30. The molecule has 3 fully saturated rings. The highest BCUT2D eigenvalue weighted by atomic mass is 16.5. The van der Waals surface area contributed by atoms with E-state index in [4.69, 9.17) is 14.7 Å². The molecule has 0 N–H and O–H groups in total. The largest absolute Gasteiger partial charge is 0.379 e. The third-order valence-electron chi connectivity index (χ3n) is 7.67. The van der Waals surface area contributed by atoms with Crippen LogP contribution >= 0.6 is 0 Å². The Morgan fingerprint density at radius 2 is 1.67 bits per heavy atom. The van der Waals surface area contributed by atoms with E-state index in [2.05, 4.69) is 43.9 Å². The number of fused-ring (bicyclic) bond motifs is 1. The van der Waals surface area contributed by atoms with Gasteiger partial charge in [0.1, 0.15) is 5.82 Å². The van der Waals surface area contributed by atoms with E-state index >= 15 is 0 Å². The molecule has 2 saturated heterocycles. The van der Waals surface area contributed by atoms with Crippen molar-refractivity contribution in [2.24, 2.45) is 0 Å². The molecule has 0 radical (unpaired) electrons. The molecule has 1 aromatic carbocycles. The predicted molar refractivity (Wildman–Crippen MR) is 132 cm³/mol. The van der Waals surface area contributed by atoms with Gasteiger partial charge >= 0.3 is 0 Å². The standard InChI is InChI=1S/C26H36N6O/c1(9-29-16-18-33-19-17-29)10-32-11-8-22-20-27-25(28-26(22)32)21-2-4-23(5-3-21)30-12-14-31(15-13-30)24-6-7-24/h2-5,20,24H,1,6-19H2. The number of anilines is 2. The zero-order valence-corrected chi connectivity index (χ0v) is 19.7. The van der Waals surface area contributed by atoms with Gasteiger partial charge in [-0.3, -0.25) is 9.80 Å². The second-order valence-corrected chi connectivity index (χ2v) is 9.89. The van der Waals surface area contributed by atoms with Crippen LogP contribution in [0.2, 0.25) is 0 Å². The number of benzene rings is 1. The van der Waals surface area contributed by atoms with Gasteiger partial charge in [-0.1, -0.05) is 0 Å². The highest BCUT2D eigenvalue weighted by molar-refractivity contribution is 5.63. The fraction of sp³-hybridized carbons (Fsp3) is 0.615. The van der Waals surface area contributed by atoms with Crippen LogP contribution in [0.25, 0.3) is 11.4 Å². The second kappa shape index (κ2) is 9.57. The summed E-state index contributed by atoms with van der Waals surface area (Å²) in [7, 11) is 0. The number of hydrogen-bond acceptors (Lipinski definition) is 7. The first-order chi connectivity index (χ1) is 16.3. The van der Waals surface area contributed by atoms with E-state index in [0.29, 0.717) is 0 Å². The van der Waals surface area contributed by atoms with Gasteiger partial charge in [0.25, 0.3) is 0 Å². The Balaban J connectivity index is 1.08. The Kier molecular flexibility index (Phi) is 6.18.